The van der Waals surface area contributed by atoms with Crippen molar-refractivity contribution in [1.29, 1.82) is 5.26 Å². The Bertz CT molecular complexity index is 719. The predicted molar refractivity (Wildman–Crippen MR) is 84.7 cm³/mol. The zero-order valence-electron chi connectivity index (χ0n) is 12.1. The maximum absolute atomic E-state index is 12.0. The van der Waals surface area contributed by atoms with Crippen LogP contribution in [0.15, 0.2) is 48.5 Å². The lowest BCUT2D eigenvalue weighted by molar-refractivity contribution is -0.111. The van der Waals surface area contributed by atoms with Crippen LogP contribution < -0.4 is 5.32 Å². The number of nitrogens with zero attached hydrogens (tertiary/aromatic N) is 1. The number of rotatable bonds is 3. The summed E-state index contributed by atoms with van der Waals surface area (Å²) in [5.74, 6) is -0.208. The summed E-state index contributed by atoms with van der Waals surface area (Å²) in [4.78, 5) is 12.0. The first-order chi connectivity index (χ1) is 10.1. The van der Waals surface area contributed by atoms with E-state index in [2.05, 4.69) is 11.4 Å². The van der Waals surface area contributed by atoms with E-state index in [0.29, 0.717) is 5.56 Å². The molecule has 104 valence electrons. The van der Waals surface area contributed by atoms with E-state index < -0.39 is 0 Å². The average Bonchev–Trinajstić information content (AvgIpc) is 2.49. The average molecular weight is 276 g/mol. The quantitative estimate of drug-likeness (QED) is 0.866. The molecule has 0 fully saturated rings. The highest BCUT2D eigenvalue weighted by Crippen LogP contribution is 2.19. The maximum Gasteiger partial charge on any atom is 0.248 e. The Hall–Kier alpha value is -2.86. The maximum atomic E-state index is 12.0. The molecule has 0 aliphatic heterocycles. The van der Waals surface area contributed by atoms with Gasteiger partial charge < -0.3 is 5.32 Å². The van der Waals surface area contributed by atoms with Crippen molar-refractivity contribution < 1.29 is 4.79 Å². The van der Waals surface area contributed by atoms with Gasteiger partial charge in [-0.05, 0) is 42.7 Å². The molecular formula is C18H16N2O. The predicted octanol–water partition coefficient (Wildman–Crippen LogP) is 3.83. The van der Waals surface area contributed by atoms with Crippen molar-refractivity contribution in [2.45, 2.75) is 13.8 Å². The molecule has 0 aromatic heterocycles. The van der Waals surface area contributed by atoms with Gasteiger partial charge >= 0.3 is 0 Å². The van der Waals surface area contributed by atoms with Crippen molar-refractivity contribution in [2.24, 2.45) is 0 Å². The first-order valence-electron chi connectivity index (χ1n) is 6.66. The van der Waals surface area contributed by atoms with Gasteiger partial charge in [-0.3, -0.25) is 4.79 Å². The molecule has 2 aromatic carbocycles. The standard InChI is InChI=1S/C18H16N2O/c1-13-6-5-7-14(2)18(13)20-17(21)11-10-15-8-3-4-9-16(15)12-19/h3-11H,1-2H3,(H,20,21). The van der Waals surface area contributed by atoms with Crippen molar-refractivity contribution in [3.8, 4) is 6.07 Å². The highest BCUT2D eigenvalue weighted by Gasteiger charge is 2.04. The number of hydrogen-bond donors (Lipinski definition) is 1. The van der Waals surface area contributed by atoms with Gasteiger partial charge in [0, 0.05) is 11.8 Å². The molecule has 0 aliphatic rings. The molecule has 0 heterocycles. The largest absolute Gasteiger partial charge is 0.322 e. The summed E-state index contributed by atoms with van der Waals surface area (Å²) < 4.78 is 0. The number of nitriles is 1. The third-order valence-electron chi connectivity index (χ3n) is 3.22. The molecule has 1 N–H and O–H groups in total. The smallest absolute Gasteiger partial charge is 0.248 e. The van der Waals surface area contributed by atoms with Crippen LogP contribution in [0.25, 0.3) is 6.08 Å². The number of para-hydroxylation sites is 1. The molecule has 0 aliphatic carbocycles. The second kappa shape index (κ2) is 6.53. The van der Waals surface area contributed by atoms with Gasteiger partial charge in [0.2, 0.25) is 5.91 Å². The minimum atomic E-state index is -0.208. The van der Waals surface area contributed by atoms with E-state index >= 15 is 0 Å². The summed E-state index contributed by atoms with van der Waals surface area (Å²) in [6, 6.07) is 15.1. The molecule has 0 atom stereocenters. The molecule has 0 saturated carbocycles. The Morgan fingerprint density at radius 1 is 1.10 bits per heavy atom. The Morgan fingerprint density at radius 3 is 2.43 bits per heavy atom. The van der Waals surface area contributed by atoms with Crippen molar-refractivity contribution in [3.63, 3.8) is 0 Å². The van der Waals surface area contributed by atoms with Gasteiger partial charge in [0.15, 0.2) is 0 Å². The number of carbonyl (C=O) groups is 1. The van der Waals surface area contributed by atoms with E-state index in [-0.39, 0.29) is 5.91 Å². The number of nitrogens with one attached hydrogen (secondary N) is 1. The third kappa shape index (κ3) is 3.58. The highest BCUT2D eigenvalue weighted by molar-refractivity contribution is 6.02. The van der Waals surface area contributed by atoms with Gasteiger partial charge in [0.1, 0.15) is 0 Å². The SMILES string of the molecule is Cc1cccc(C)c1NC(=O)C=Cc1ccccc1C#N. The lowest BCUT2D eigenvalue weighted by Crippen LogP contribution is -2.10. The summed E-state index contributed by atoms with van der Waals surface area (Å²) in [6.07, 6.45) is 3.10. The van der Waals surface area contributed by atoms with Crippen LogP contribution >= 0.6 is 0 Å². The lowest BCUT2D eigenvalue weighted by atomic mass is 10.1. The molecule has 1 amide bonds. The fourth-order valence-corrected chi connectivity index (χ4v) is 2.09. The molecule has 0 radical (unpaired) electrons. The topological polar surface area (TPSA) is 52.9 Å². The molecule has 0 bridgehead atoms. The zero-order valence-corrected chi connectivity index (χ0v) is 12.1. The van der Waals surface area contributed by atoms with Gasteiger partial charge in [-0.1, -0.05) is 36.4 Å². The van der Waals surface area contributed by atoms with Crippen LogP contribution in [0, 0.1) is 25.2 Å². The van der Waals surface area contributed by atoms with Crippen LogP contribution in [-0.4, -0.2) is 5.91 Å². The number of hydrogen-bond acceptors (Lipinski definition) is 2. The molecule has 3 heteroatoms. The summed E-state index contributed by atoms with van der Waals surface area (Å²) in [7, 11) is 0. The van der Waals surface area contributed by atoms with Crippen LogP contribution in [-0.2, 0) is 4.79 Å². The Kier molecular flexibility index (Phi) is 4.53. The van der Waals surface area contributed by atoms with Gasteiger partial charge in [-0.25, -0.2) is 0 Å². The summed E-state index contributed by atoms with van der Waals surface area (Å²) in [5, 5.41) is 11.9. The molecule has 21 heavy (non-hydrogen) atoms. The first-order valence-corrected chi connectivity index (χ1v) is 6.66. The van der Waals surface area contributed by atoms with Crippen molar-refractivity contribution in [1.82, 2.24) is 0 Å². The van der Waals surface area contributed by atoms with Crippen LogP contribution in [0.4, 0.5) is 5.69 Å². The van der Waals surface area contributed by atoms with Crippen molar-refractivity contribution in [2.75, 3.05) is 5.32 Å². The van der Waals surface area contributed by atoms with Crippen LogP contribution in [0.5, 0.6) is 0 Å². The first kappa shape index (κ1) is 14.5. The zero-order chi connectivity index (χ0) is 15.2. The van der Waals surface area contributed by atoms with Gasteiger partial charge in [0.25, 0.3) is 0 Å². The molecule has 0 unspecified atom stereocenters. The van der Waals surface area contributed by atoms with Crippen LogP contribution in [0.1, 0.15) is 22.3 Å². The monoisotopic (exact) mass is 276 g/mol. The second-order valence-electron chi connectivity index (χ2n) is 4.79. The fraction of sp³-hybridized carbons (Fsp3) is 0.111. The minimum absolute atomic E-state index is 0.208. The minimum Gasteiger partial charge on any atom is -0.322 e. The molecule has 2 rings (SSSR count). The lowest BCUT2D eigenvalue weighted by Gasteiger charge is -2.09. The van der Waals surface area contributed by atoms with Crippen LogP contribution in [0.2, 0.25) is 0 Å². The van der Waals surface area contributed by atoms with E-state index in [1.165, 1.54) is 6.08 Å². The van der Waals surface area contributed by atoms with Crippen molar-refractivity contribution >= 4 is 17.7 Å². The molecule has 0 saturated heterocycles. The fourth-order valence-electron chi connectivity index (χ4n) is 2.09. The van der Waals surface area contributed by atoms with E-state index in [9.17, 15) is 4.79 Å². The summed E-state index contributed by atoms with van der Waals surface area (Å²) in [5.41, 5.74) is 4.16. The van der Waals surface area contributed by atoms with Crippen molar-refractivity contribution in [3.05, 3.63) is 70.8 Å². The third-order valence-corrected chi connectivity index (χ3v) is 3.22. The molecular weight excluding hydrogens is 260 g/mol. The Labute approximate surface area is 124 Å². The Morgan fingerprint density at radius 2 is 1.76 bits per heavy atom. The number of carbonyl (C=O) groups excluding carboxylic acids is 1. The van der Waals surface area contributed by atoms with E-state index in [1.807, 2.05) is 38.1 Å². The second-order valence-corrected chi connectivity index (χ2v) is 4.79. The van der Waals surface area contributed by atoms with Gasteiger partial charge in [-0.2, -0.15) is 5.26 Å². The normalized spacial score (nSPS) is 10.3. The number of benzene rings is 2. The number of aryl methyl sites for hydroxylation is 2. The van der Waals surface area contributed by atoms with E-state index in [0.717, 1.165) is 22.4 Å². The highest BCUT2D eigenvalue weighted by atomic mass is 16.1. The molecule has 2 aromatic rings. The number of amides is 1. The van der Waals surface area contributed by atoms with Crippen LogP contribution in [0.3, 0.4) is 0 Å². The van der Waals surface area contributed by atoms with E-state index in [1.54, 1.807) is 24.3 Å². The molecule has 3 nitrogen and oxygen atoms in total. The van der Waals surface area contributed by atoms with E-state index in [4.69, 9.17) is 5.26 Å². The summed E-state index contributed by atoms with van der Waals surface area (Å²) in [6.45, 7) is 3.91. The van der Waals surface area contributed by atoms with Gasteiger partial charge in [0.05, 0.1) is 11.6 Å². The molecule has 0 spiro atoms. The Balaban J connectivity index is 2.16. The van der Waals surface area contributed by atoms with Gasteiger partial charge in [-0.15, -0.1) is 0 Å². The summed E-state index contributed by atoms with van der Waals surface area (Å²) >= 11 is 0. The number of anilines is 1.